The Morgan fingerprint density at radius 1 is 1.00 bits per heavy atom. The van der Waals surface area contributed by atoms with Gasteiger partial charge in [0, 0.05) is 13.1 Å². The van der Waals surface area contributed by atoms with Gasteiger partial charge in [-0.2, -0.15) is 8.42 Å². The van der Waals surface area contributed by atoms with Crippen LogP contribution in [-0.4, -0.2) is 60.4 Å². The number of hydrogen-bond donors (Lipinski definition) is 7. The average Bonchev–Trinajstić information content (AvgIpc) is 2.84. The zero-order valence-electron chi connectivity index (χ0n) is 20.9. The summed E-state index contributed by atoms with van der Waals surface area (Å²) < 4.78 is 29.2. The van der Waals surface area contributed by atoms with Gasteiger partial charge in [0.25, 0.3) is 10.1 Å². The van der Waals surface area contributed by atoms with Gasteiger partial charge in [-0.05, 0) is 43.4 Å². The highest BCUT2D eigenvalue weighted by atomic mass is 32.2. The molecule has 0 heterocycles. The van der Waals surface area contributed by atoms with Crippen molar-refractivity contribution in [3.8, 4) is 0 Å². The Bertz CT molecular complexity index is 1170. The minimum absolute atomic E-state index is 0.0476. The molecule has 1 aliphatic rings. The zero-order chi connectivity index (χ0) is 28.2. The summed E-state index contributed by atoms with van der Waals surface area (Å²) in [4.78, 5) is 29.3. The summed E-state index contributed by atoms with van der Waals surface area (Å²) in [6, 6.07) is 16.8. The molecule has 0 spiro atoms. The smallest absolute Gasteiger partial charge is 0.426 e. The molecule has 2 aromatic carbocycles. The lowest BCUT2D eigenvalue weighted by atomic mass is 9.66. The van der Waals surface area contributed by atoms with Crippen molar-refractivity contribution < 1.29 is 32.6 Å². The van der Waals surface area contributed by atoms with E-state index in [1.54, 1.807) is 18.2 Å². The minimum atomic E-state index is -4.00. The lowest BCUT2D eigenvalue weighted by Gasteiger charge is -2.39. The second kappa shape index (κ2) is 14.5. The van der Waals surface area contributed by atoms with Crippen LogP contribution in [0.2, 0.25) is 0 Å². The second-order valence-electron chi connectivity index (χ2n) is 8.83. The number of guanidine groups is 1. The zero-order valence-corrected chi connectivity index (χ0v) is 21.7. The van der Waals surface area contributed by atoms with E-state index in [1.807, 2.05) is 30.3 Å². The van der Waals surface area contributed by atoms with E-state index in [1.165, 1.54) is 12.1 Å². The first-order chi connectivity index (χ1) is 18.0. The van der Waals surface area contributed by atoms with Crippen LogP contribution in [0.4, 0.5) is 0 Å². The molecule has 3 rings (SSSR count). The van der Waals surface area contributed by atoms with Crippen molar-refractivity contribution in [3.63, 3.8) is 0 Å². The third-order valence-corrected chi connectivity index (χ3v) is 6.93. The Labute approximate surface area is 222 Å². The molecule has 38 heavy (non-hydrogen) atoms. The summed E-state index contributed by atoms with van der Waals surface area (Å²) in [6.45, 7) is 0.642. The van der Waals surface area contributed by atoms with E-state index < -0.39 is 34.5 Å². The third kappa shape index (κ3) is 9.45. The van der Waals surface area contributed by atoms with Gasteiger partial charge in [0.1, 0.15) is 5.41 Å². The number of hydrogen-bond acceptors (Lipinski definition) is 7. The van der Waals surface area contributed by atoms with Crippen molar-refractivity contribution in [2.45, 2.75) is 49.5 Å². The Kier molecular flexibility index (Phi) is 11.7. The lowest BCUT2D eigenvalue weighted by molar-refractivity contribution is -0.150. The molecule has 206 valence electrons. The maximum atomic E-state index is 12.8. The quantitative estimate of drug-likeness (QED) is 0.0500. The number of nitrogens with two attached hydrogens (primary N) is 2. The molecule has 1 aliphatic carbocycles. The van der Waals surface area contributed by atoms with E-state index in [-0.39, 0.29) is 23.2 Å². The highest BCUT2D eigenvalue weighted by molar-refractivity contribution is 7.85. The molecule has 0 bridgehead atoms. The van der Waals surface area contributed by atoms with Gasteiger partial charge in [0.05, 0.1) is 10.8 Å². The number of carbonyl (C=O) groups is 2. The third-order valence-electron chi connectivity index (χ3n) is 6.06. The van der Waals surface area contributed by atoms with Crippen LogP contribution in [0, 0.1) is 5.41 Å². The Balaban J connectivity index is 0.000000423. The molecule has 2 amide bonds. The number of aliphatic imine (C=N–C) groups is 1. The van der Waals surface area contributed by atoms with Gasteiger partial charge in [-0.25, -0.2) is 0 Å². The number of rotatable bonds is 11. The SMILES string of the molecule is NC(N)=NCCCC(NC(=O)C1(C(=O)NCc2ccccc2)CCC1)B(O)O.O=S(=O)(O)c1ccccc1. The largest absolute Gasteiger partial charge is 0.475 e. The predicted molar refractivity (Wildman–Crippen MR) is 143 cm³/mol. The first-order valence-electron chi connectivity index (χ1n) is 12.0. The topological polar surface area (TPSA) is 217 Å². The molecular formula is C24H34BN5O7S. The van der Waals surface area contributed by atoms with Crippen LogP contribution >= 0.6 is 0 Å². The van der Waals surface area contributed by atoms with Crippen LogP contribution in [-0.2, 0) is 26.3 Å². The number of nitrogens with zero attached hydrogens (tertiary/aromatic N) is 1. The maximum absolute atomic E-state index is 12.8. The summed E-state index contributed by atoms with van der Waals surface area (Å²) in [7, 11) is -5.75. The van der Waals surface area contributed by atoms with Crippen LogP contribution in [0.25, 0.3) is 0 Å². The molecule has 2 aromatic rings. The first-order valence-corrected chi connectivity index (χ1v) is 13.5. The normalized spacial score (nSPS) is 14.5. The van der Waals surface area contributed by atoms with Crippen molar-refractivity contribution in [1.82, 2.24) is 10.6 Å². The first kappa shape index (κ1) is 30.8. The number of carbonyl (C=O) groups excluding carboxylic acids is 2. The van der Waals surface area contributed by atoms with Gasteiger partial charge in [-0.1, -0.05) is 55.0 Å². The molecule has 0 aromatic heterocycles. The number of amides is 2. The molecule has 1 fully saturated rings. The van der Waals surface area contributed by atoms with E-state index >= 15 is 0 Å². The van der Waals surface area contributed by atoms with Gasteiger partial charge in [-0.3, -0.25) is 19.1 Å². The second-order valence-corrected chi connectivity index (χ2v) is 10.3. The van der Waals surface area contributed by atoms with Crippen LogP contribution < -0.4 is 22.1 Å². The van der Waals surface area contributed by atoms with Gasteiger partial charge in [-0.15, -0.1) is 0 Å². The van der Waals surface area contributed by atoms with Crippen molar-refractivity contribution in [2.75, 3.05) is 6.54 Å². The number of benzene rings is 2. The minimum Gasteiger partial charge on any atom is -0.426 e. The van der Waals surface area contributed by atoms with E-state index in [2.05, 4.69) is 15.6 Å². The van der Waals surface area contributed by atoms with E-state index in [9.17, 15) is 28.1 Å². The summed E-state index contributed by atoms with van der Waals surface area (Å²) in [5.41, 5.74) is 10.3. The van der Waals surface area contributed by atoms with Gasteiger partial charge in [0.15, 0.2) is 5.96 Å². The van der Waals surface area contributed by atoms with E-state index in [0.29, 0.717) is 32.4 Å². The van der Waals surface area contributed by atoms with E-state index in [0.717, 1.165) is 12.0 Å². The van der Waals surface area contributed by atoms with Crippen molar-refractivity contribution in [3.05, 3.63) is 66.2 Å². The van der Waals surface area contributed by atoms with Crippen LogP contribution in [0.15, 0.2) is 70.6 Å². The standard InChI is InChI=1S/C18H28BN5O4.C6H6O3S/c20-17(21)22-11-4-8-14(19(27)28)24-16(26)18(9-5-10-18)15(25)23-12-13-6-2-1-3-7-13;7-10(8,9)6-4-2-1-3-5-6/h1-3,6-7,14,27-28H,4-5,8-12H2,(H,23,25)(H,24,26)(H4,20,21,22);1-5H,(H,7,8,9). The predicted octanol–water partition coefficient (Wildman–Crippen LogP) is -0.0432. The average molecular weight is 547 g/mol. The maximum Gasteiger partial charge on any atom is 0.475 e. The Hall–Kier alpha value is -3.46. The fourth-order valence-corrected chi connectivity index (χ4v) is 4.25. The fraction of sp³-hybridized carbons (Fsp3) is 0.375. The summed E-state index contributed by atoms with van der Waals surface area (Å²) in [5.74, 6) is -1.77. The highest BCUT2D eigenvalue weighted by Crippen LogP contribution is 2.41. The molecule has 0 radical (unpaired) electrons. The van der Waals surface area contributed by atoms with Gasteiger partial charge >= 0.3 is 7.12 Å². The summed E-state index contributed by atoms with van der Waals surface area (Å²) in [6.07, 6.45) is 2.35. The highest BCUT2D eigenvalue weighted by Gasteiger charge is 2.51. The van der Waals surface area contributed by atoms with Gasteiger partial charge < -0.3 is 32.1 Å². The van der Waals surface area contributed by atoms with Crippen LogP contribution in [0.1, 0.15) is 37.7 Å². The Morgan fingerprint density at radius 2 is 1.58 bits per heavy atom. The lowest BCUT2D eigenvalue weighted by Crippen LogP contribution is -2.59. The molecule has 0 saturated heterocycles. The molecule has 9 N–H and O–H groups in total. The molecule has 0 aliphatic heterocycles. The fourth-order valence-electron chi connectivity index (χ4n) is 3.75. The molecule has 1 saturated carbocycles. The van der Waals surface area contributed by atoms with Crippen LogP contribution in [0.5, 0.6) is 0 Å². The molecule has 1 atom stereocenters. The molecular weight excluding hydrogens is 513 g/mol. The number of nitrogens with one attached hydrogen (secondary N) is 2. The molecule has 12 nitrogen and oxygen atoms in total. The van der Waals surface area contributed by atoms with E-state index in [4.69, 9.17) is 16.0 Å². The van der Waals surface area contributed by atoms with Gasteiger partial charge in [0.2, 0.25) is 11.8 Å². The summed E-state index contributed by atoms with van der Waals surface area (Å²) in [5, 5.41) is 24.6. The summed E-state index contributed by atoms with van der Waals surface area (Å²) >= 11 is 0. The van der Waals surface area contributed by atoms with Crippen molar-refractivity contribution in [2.24, 2.45) is 21.9 Å². The monoisotopic (exact) mass is 547 g/mol. The van der Waals surface area contributed by atoms with Crippen molar-refractivity contribution in [1.29, 1.82) is 0 Å². The van der Waals surface area contributed by atoms with Crippen molar-refractivity contribution >= 4 is 35.0 Å². The molecule has 1 unspecified atom stereocenters. The Morgan fingerprint density at radius 3 is 2.03 bits per heavy atom. The molecule has 14 heteroatoms. The van der Waals surface area contributed by atoms with Crippen LogP contribution in [0.3, 0.4) is 0 Å².